The lowest BCUT2D eigenvalue weighted by Crippen LogP contribution is -2.34. The van der Waals surface area contributed by atoms with Crippen LogP contribution in [0.25, 0.3) is 10.9 Å². The molecule has 24 heavy (non-hydrogen) atoms. The van der Waals surface area contributed by atoms with Crippen molar-refractivity contribution in [2.24, 2.45) is 0 Å². The average molecular weight is 348 g/mol. The van der Waals surface area contributed by atoms with Crippen LogP contribution in [0.1, 0.15) is 49.7 Å². The molecule has 2 N–H and O–H groups in total. The summed E-state index contributed by atoms with van der Waals surface area (Å²) in [6, 6.07) is 4.81. The lowest BCUT2D eigenvalue weighted by atomic mass is 10.1. The number of hydrogen-bond acceptors (Lipinski definition) is 3. The molecule has 2 aromatic rings. The lowest BCUT2D eigenvalue weighted by molar-refractivity contribution is 0.510. The van der Waals surface area contributed by atoms with Gasteiger partial charge in [0.15, 0.2) is 0 Å². The van der Waals surface area contributed by atoms with Crippen LogP contribution < -0.4 is 10.3 Å². The van der Waals surface area contributed by atoms with Gasteiger partial charge in [0.1, 0.15) is 0 Å². The molecule has 1 aliphatic rings. The number of rotatable bonds is 3. The molecule has 0 unspecified atom stereocenters. The number of aromatic amines is 1. The summed E-state index contributed by atoms with van der Waals surface area (Å²) in [5, 5.41) is 0.774. The van der Waals surface area contributed by atoms with Crippen LogP contribution in [0.4, 0.5) is 0 Å². The predicted molar refractivity (Wildman–Crippen MR) is 95.9 cm³/mol. The number of pyridine rings is 1. The third-order valence-corrected chi connectivity index (χ3v) is 6.32. The van der Waals surface area contributed by atoms with Crippen LogP contribution in [-0.4, -0.2) is 19.4 Å². The Bertz CT molecular complexity index is 908. The van der Waals surface area contributed by atoms with Gasteiger partial charge in [-0.05, 0) is 49.9 Å². The summed E-state index contributed by atoms with van der Waals surface area (Å²) < 4.78 is 28.5. The molecule has 0 saturated heterocycles. The Balaban J connectivity index is 2.00. The van der Waals surface area contributed by atoms with E-state index in [-0.39, 0.29) is 16.5 Å². The Hall–Kier alpha value is -1.66. The summed E-state index contributed by atoms with van der Waals surface area (Å²) >= 11 is 0. The first-order valence-corrected chi connectivity index (χ1v) is 10.0. The second-order valence-corrected chi connectivity index (χ2v) is 8.50. The highest BCUT2D eigenvalue weighted by Gasteiger charge is 2.22. The summed E-state index contributed by atoms with van der Waals surface area (Å²) in [5.74, 6) is 0. The fraction of sp³-hybridized carbons (Fsp3) is 0.500. The van der Waals surface area contributed by atoms with E-state index in [2.05, 4.69) is 9.71 Å². The molecule has 130 valence electrons. The molecule has 0 radical (unpaired) electrons. The topological polar surface area (TPSA) is 79.0 Å². The van der Waals surface area contributed by atoms with E-state index in [4.69, 9.17) is 0 Å². The van der Waals surface area contributed by atoms with E-state index in [1.165, 1.54) is 18.9 Å². The van der Waals surface area contributed by atoms with Gasteiger partial charge in [-0.1, -0.05) is 25.7 Å². The van der Waals surface area contributed by atoms with Gasteiger partial charge in [0.25, 0.3) is 0 Å². The SMILES string of the molecule is Cc1cc(=O)[nH]c2c(C)cc(S(=O)(=O)NC3CCCCCC3)cc12. The van der Waals surface area contributed by atoms with E-state index in [1.54, 1.807) is 12.1 Å². The van der Waals surface area contributed by atoms with Gasteiger partial charge >= 0.3 is 0 Å². The molecule has 1 aromatic heterocycles. The quantitative estimate of drug-likeness (QED) is 0.836. The van der Waals surface area contributed by atoms with Crippen molar-refractivity contribution in [1.82, 2.24) is 9.71 Å². The minimum absolute atomic E-state index is 0.0187. The molecule has 0 atom stereocenters. The van der Waals surface area contributed by atoms with Gasteiger partial charge in [0.2, 0.25) is 15.6 Å². The normalized spacial score (nSPS) is 17.1. The van der Waals surface area contributed by atoms with Crippen molar-refractivity contribution >= 4 is 20.9 Å². The Morgan fingerprint density at radius 3 is 2.33 bits per heavy atom. The van der Waals surface area contributed by atoms with E-state index in [0.717, 1.165) is 42.2 Å². The number of sulfonamides is 1. The molecule has 1 aliphatic carbocycles. The van der Waals surface area contributed by atoms with E-state index in [0.29, 0.717) is 5.52 Å². The highest BCUT2D eigenvalue weighted by atomic mass is 32.2. The number of fused-ring (bicyclic) bond motifs is 1. The molecule has 0 spiro atoms. The first-order chi connectivity index (χ1) is 11.4. The molecule has 0 bridgehead atoms. The third-order valence-electron chi connectivity index (χ3n) is 4.82. The van der Waals surface area contributed by atoms with Crippen molar-refractivity contribution in [3.05, 3.63) is 39.7 Å². The van der Waals surface area contributed by atoms with Crippen molar-refractivity contribution in [1.29, 1.82) is 0 Å². The van der Waals surface area contributed by atoms with E-state index in [1.807, 2.05) is 13.8 Å². The first-order valence-electron chi connectivity index (χ1n) is 8.53. The Morgan fingerprint density at radius 1 is 1.00 bits per heavy atom. The van der Waals surface area contributed by atoms with Crippen LogP contribution in [0, 0.1) is 13.8 Å². The number of benzene rings is 1. The van der Waals surface area contributed by atoms with Gasteiger partial charge in [-0.15, -0.1) is 0 Å². The van der Waals surface area contributed by atoms with Crippen LogP contribution in [0.3, 0.4) is 0 Å². The summed E-state index contributed by atoms with van der Waals surface area (Å²) in [7, 11) is -3.56. The number of aryl methyl sites for hydroxylation is 2. The van der Waals surface area contributed by atoms with Crippen molar-refractivity contribution in [2.75, 3.05) is 0 Å². The zero-order chi connectivity index (χ0) is 17.3. The van der Waals surface area contributed by atoms with Gasteiger partial charge in [0, 0.05) is 17.5 Å². The predicted octanol–water partition coefficient (Wildman–Crippen LogP) is 3.15. The maximum absolute atomic E-state index is 12.8. The van der Waals surface area contributed by atoms with Crippen LogP contribution >= 0.6 is 0 Å². The molecule has 1 fully saturated rings. The fourth-order valence-corrected chi connectivity index (χ4v) is 4.92. The molecule has 5 nitrogen and oxygen atoms in total. The minimum Gasteiger partial charge on any atom is -0.322 e. The summed E-state index contributed by atoms with van der Waals surface area (Å²) in [6.07, 6.45) is 6.31. The molecule has 1 saturated carbocycles. The molecule has 0 aliphatic heterocycles. The minimum atomic E-state index is -3.56. The van der Waals surface area contributed by atoms with E-state index in [9.17, 15) is 13.2 Å². The second kappa shape index (κ2) is 6.69. The number of hydrogen-bond donors (Lipinski definition) is 2. The summed E-state index contributed by atoms with van der Waals surface area (Å²) in [6.45, 7) is 3.65. The molecule has 0 amide bonds. The standard InChI is InChI=1S/C18H24N2O3S/c1-12-10-17(21)19-18-13(2)9-15(11-16(12)18)24(22,23)20-14-7-5-3-4-6-8-14/h9-11,14,20H,3-8H2,1-2H3,(H,19,21). The molecular weight excluding hydrogens is 324 g/mol. The smallest absolute Gasteiger partial charge is 0.248 e. The lowest BCUT2D eigenvalue weighted by Gasteiger charge is -2.17. The number of aromatic nitrogens is 1. The molecule has 1 heterocycles. The van der Waals surface area contributed by atoms with Gasteiger partial charge < -0.3 is 4.98 Å². The Labute approximate surface area is 142 Å². The van der Waals surface area contributed by atoms with Crippen LogP contribution in [-0.2, 0) is 10.0 Å². The van der Waals surface area contributed by atoms with Crippen molar-refractivity contribution in [3.63, 3.8) is 0 Å². The number of nitrogens with one attached hydrogen (secondary N) is 2. The monoisotopic (exact) mass is 348 g/mol. The maximum atomic E-state index is 12.8. The van der Waals surface area contributed by atoms with Crippen molar-refractivity contribution < 1.29 is 8.42 Å². The van der Waals surface area contributed by atoms with E-state index < -0.39 is 10.0 Å². The first kappa shape index (κ1) is 17.2. The van der Waals surface area contributed by atoms with Crippen LogP contribution in [0.5, 0.6) is 0 Å². The third kappa shape index (κ3) is 3.54. The number of H-pyrrole nitrogens is 1. The molecule has 3 rings (SSSR count). The summed E-state index contributed by atoms with van der Waals surface area (Å²) in [5.41, 5.74) is 2.07. The average Bonchev–Trinajstić information content (AvgIpc) is 2.76. The molecular formula is C18H24N2O3S. The zero-order valence-electron chi connectivity index (χ0n) is 14.2. The second-order valence-electron chi connectivity index (χ2n) is 6.79. The van der Waals surface area contributed by atoms with Gasteiger partial charge in [0.05, 0.1) is 10.4 Å². The Morgan fingerprint density at radius 2 is 1.67 bits per heavy atom. The van der Waals surface area contributed by atoms with Crippen LogP contribution in [0.15, 0.2) is 27.9 Å². The zero-order valence-corrected chi connectivity index (χ0v) is 15.0. The summed E-state index contributed by atoms with van der Waals surface area (Å²) in [4.78, 5) is 14.7. The fourth-order valence-electron chi connectivity index (χ4n) is 3.50. The largest absolute Gasteiger partial charge is 0.322 e. The maximum Gasteiger partial charge on any atom is 0.248 e. The van der Waals surface area contributed by atoms with Crippen molar-refractivity contribution in [3.8, 4) is 0 Å². The molecule has 6 heteroatoms. The van der Waals surface area contributed by atoms with E-state index >= 15 is 0 Å². The van der Waals surface area contributed by atoms with Gasteiger partial charge in [-0.2, -0.15) is 0 Å². The Kier molecular flexibility index (Phi) is 4.78. The van der Waals surface area contributed by atoms with Crippen LogP contribution in [0.2, 0.25) is 0 Å². The molecule has 1 aromatic carbocycles. The highest BCUT2D eigenvalue weighted by molar-refractivity contribution is 7.89. The highest BCUT2D eigenvalue weighted by Crippen LogP contribution is 2.25. The van der Waals surface area contributed by atoms with Crippen molar-refractivity contribution in [2.45, 2.75) is 63.3 Å². The van der Waals surface area contributed by atoms with Gasteiger partial charge in [-0.3, -0.25) is 4.79 Å². The van der Waals surface area contributed by atoms with Gasteiger partial charge in [-0.25, -0.2) is 13.1 Å².